The monoisotopic (exact) mass is 402 g/mol. The van der Waals surface area contributed by atoms with Crippen molar-refractivity contribution in [3.05, 3.63) is 68.7 Å². The van der Waals surface area contributed by atoms with Gasteiger partial charge in [-0.05, 0) is 43.2 Å². The fourth-order valence-corrected chi connectivity index (χ4v) is 2.56. The molecule has 2 N–H and O–H groups in total. The first-order valence-electron chi connectivity index (χ1n) is 8.46. The van der Waals surface area contributed by atoms with Crippen LogP contribution in [0.3, 0.4) is 0 Å². The van der Waals surface area contributed by atoms with Crippen LogP contribution in [-0.4, -0.2) is 22.4 Å². The van der Waals surface area contributed by atoms with Crippen molar-refractivity contribution in [2.24, 2.45) is 5.10 Å². The number of benzene rings is 2. The molecule has 28 heavy (non-hydrogen) atoms. The first-order chi connectivity index (χ1) is 13.3. The molecule has 2 aromatic carbocycles. The largest absolute Gasteiger partial charge is 0.326 e. The van der Waals surface area contributed by atoms with E-state index >= 15 is 0 Å². The summed E-state index contributed by atoms with van der Waals surface area (Å²) in [5.41, 5.74) is 4.37. The van der Waals surface area contributed by atoms with Crippen LogP contribution in [0.5, 0.6) is 0 Å². The van der Waals surface area contributed by atoms with Gasteiger partial charge in [0.05, 0.1) is 11.3 Å². The number of halogens is 1. The number of hydrogen-bond acceptors (Lipinski definition) is 5. The number of carbonyl (C=O) groups excluding carboxylic acids is 2. The lowest BCUT2D eigenvalue weighted by molar-refractivity contribution is -0.384. The molecule has 0 atom stereocenters. The Morgan fingerprint density at radius 1 is 1.18 bits per heavy atom. The van der Waals surface area contributed by atoms with Gasteiger partial charge in [0.1, 0.15) is 5.02 Å². The lowest BCUT2D eigenvalue weighted by atomic mass is 10.1. The highest BCUT2D eigenvalue weighted by Gasteiger charge is 2.15. The van der Waals surface area contributed by atoms with Crippen molar-refractivity contribution in [1.82, 2.24) is 5.43 Å². The van der Waals surface area contributed by atoms with E-state index in [1.807, 2.05) is 31.2 Å². The third-order valence-electron chi connectivity index (χ3n) is 3.82. The number of nitro benzene ring substituents is 1. The molecule has 0 spiro atoms. The van der Waals surface area contributed by atoms with Crippen LogP contribution in [0.4, 0.5) is 11.4 Å². The molecule has 8 nitrogen and oxygen atoms in total. The number of amides is 2. The minimum atomic E-state index is -0.638. The van der Waals surface area contributed by atoms with Crippen molar-refractivity contribution < 1.29 is 14.5 Å². The Hall–Kier alpha value is -3.26. The lowest BCUT2D eigenvalue weighted by Crippen LogP contribution is -2.21. The third kappa shape index (κ3) is 5.88. The molecule has 9 heteroatoms. The summed E-state index contributed by atoms with van der Waals surface area (Å²) in [5, 5.41) is 17.2. The van der Waals surface area contributed by atoms with Gasteiger partial charge in [0.2, 0.25) is 5.91 Å². The number of hydrazone groups is 1. The standard InChI is InChI=1S/C19H19ClN4O4/c1-3-13-4-7-15(8-5-13)21-18(25)10-12(2)22-23-19(26)14-6-9-17(24(27)28)16(20)11-14/h4-9,11H,3,10H2,1-2H3,(H,21,25)(H,23,26)/b22-12+. The van der Waals surface area contributed by atoms with E-state index in [1.54, 1.807) is 6.92 Å². The zero-order chi connectivity index (χ0) is 20.7. The van der Waals surface area contributed by atoms with Gasteiger partial charge in [0.25, 0.3) is 11.6 Å². The Morgan fingerprint density at radius 2 is 1.86 bits per heavy atom. The van der Waals surface area contributed by atoms with Crippen molar-refractivity contribution >= 4 is 40.5 Å². The smallest absolute Gasteiger partial charge is 0.287 e. The van der Waals surface area contributed by atoms with Gasteiger partial charge >= 0.3 is 0 Å². The van der Waals surface area contributed by atoms with Gasteiger partial charge in [0.15, 0.2) is 0 Å². The van der Waals surface area contributed by atoms with E-state index in [9.17, 15) is 19.7 Å². The highest BCUT2D eigenvalue weighted by Crippen LogP contribution is 2.24. The molecule has 0 unspecified atom stereocenters. The first kappa shape index (κ1) is 21.0. The predicted molar refractivity (Wildman–Crippen MR) is 108 cm³/mol. The van der Waals surface area contributed by atoms with Crippen LogP contribution in [-0.2, 0) is 11.2 Å². The van der Waals surface area contributed by atoms with Crippen LogP contribution >= 0.6 is 11.6 Å². The maximum Gasteiger partial charge on any atom is 0.287 e. The van der Waals surface area contributed by atoms with E-state index < -0.39 is 10.8 Å². The molecule has 0 aliphatic heterocycles. The van der Waals surface area contributed by atoms with Gasteiger partial charge in [-0.25, -0.2) is 5.43 Å². The van der Waals surface area contributed by atoms with Crippen LogP contribution in [0.2, 0.25) is 5.02 Å². The van der Waals surface area contributed by atoms with Gasteiger partial charge in [-0.3, -0.25) is 19.7 Å². The van der Waals surface area contributed by atoms with Crippen molar-refractivity contribution in [3.63, 3.8) is 0 Å². The molecule has 0 aliphatic rings. The van der Waals surface area contributed by atoms with Crippen LogP contribution in [0.25, 0.3) is 0 Å². The second kappa shape index (κ2) is 9.61. The van der Waals surface area contributed by atoms with Gasteiger partial charge in [-0.15, -0.1) is 0 Å². The summed E-state index contributed by atoms with van der Waals surface area (Å²) in [6.45, 7) is 3.65. The summed E-state index contributed by atoms with van der Waals surface area (Å²) in [6.07, 6.45) is 0.913. The summed E-state index contributed by atoms with van der Waals surface area (Å²) in [7, 11) is 0. The van der Waals surface area contributed by atoms with E-state index in [0.717, 1.165) is 12.5 Å². The molecule has 146 valence electrons. The highest BCUT2D eigenvalue weighted by molar-refractivity contribution is 6.33. The van der Waals surface area contributed by atoms with E-state index in [-0.39, 0.29) is 28.6 Å². The molecule has 0 heterocycles. The Kier molecular flexibility index (Phi) is 7.22. The Labute approximate surface area is 166 Å². The first-order valence-corrected chi connectivity index (χ1v) is 8.84. The van der Waals surface area contributed by atoms with Crippen LogP contribution in [0, 0.1) is 10.1 Å². The molecule has 0 radical (unpaired) electrons. The fraction of sp³-hybridized carbons (Fsp3) is 0.211. The molecule has 2 rings (SSSR count). The average molecular weight is 403 g/mol. The zero-order valence-electron chi connectivity index (χ0n) is 15.4. The Bertz CT molecular complexity index is 926. The number of anilines is 1. The summed E-state index contributed by atoms with van der Waals surface area (Å²) >= 11 is 5.79. The predicted octanol–water partition coefficient (Wildman–Crippen LogP) is 3.95. The number of hydrogen-bond donors (Lipinski definition) is 2. The maximum absolute atomic E-state index is 12.1. The molecule has 0 aliphatic carbocycles. The van der Waals surface area contributed by atoms with Crippen LogP contribution < -0.4 is 10.7 Å². The van der Waals surface area contributed by atoms with E-state index in [1.165, 1.54) is 17.7 Å². The summed E-state index contributed by atoms with van der Waals surface area (Å²) in [5.74, 6) is -0.857. The molecule has 0 saturated carbocycles. The zero-order valence-corrected chi connectivity index (χ0v) is 16.1. The van der Waals surface area contributed by atoms with Crippen LogP contribution in [0.1, 0.15) is 36.2 Å². The minimum Gasteiger partial charge on any atom is -0.326 e. The third-order valence-corrected chi connectivity index (χ3v) is 4.12. The normalized spacial score (nSPS) is 11.0. The number of nitrogens with zero attached hydrogens (tertiary/aromatic N) is 2. The van der Waals surface area contributed by atoms with Crippen molar-refractivity contribution in [3.8, 4) is 0 Å². The summed E-state index contributed by atoms with van der Waals surface area (Å²) in [4.78, 5) is 34.2. The Morgan fingerprint density at radius 3 is 2.43 bits per heavy atom. The second-order valence-corrected chi connectivity index (χ2v) is 6.39. The molecule has 0 fully saturated rings. The molecule has 0 aromatic heterocycles. The quantitative estimate of drug-likeness (QED) is 0.414. The topological polar surface area (TPSA) is 114 Å². The van der Waals surface area contributed by atoms with Gasteiger partial charge in [0, 0.05) is 23.0 Å². The molecular formula is C19H19ClN4O4. The number of carbonyl (C=O) groups is 2. The van der Waals surface area contributed by atoms with Gasteiger partial charge < -0.3 is 5.32 Å². The van der Waals surface area contributed by atoms with Gasteiger partial charge in [-0.2, -0.15) is 5.10 Å². The number of aryl methyl sites for hydroxylation is 1. The number of nitro groups is 1. The van der Waals surface area contributed by atoms with Crippen molar-refractivity contribution in [1.29, 1.82) is 0 Å². The highest BCUT2D eigenvalue weighted by atomic mass is 35.5. The molecular weight excluding hydrogens is 384 g/mol. The van der Waals surface area contributed by atoms with Crippen molar-refractivity contribution in [2.75, 3.05) is 5.32 Å². The molecule has 0 bridgehead atoms. The average Bonchev–Trinajstić information content (AvgIpc) is 2.66. The lowest BCUT2D eigenvalue weighted by Gasteiger charge is -2.06. The van der Waals surface area contributed by atoms with E-state index in [4.69, 9.17) is 11.6 Å². The molecule has 0 saturated heterocycles. The second-order valence-electron chi connectivity index (χ2n) is 5.99. The number of rotatable bonds is 7. The van der Waals surface area contributed by atoms with E-state index in [2.05, 4.69) is 15.8 Å². The van der Waals surface area contributed by atoms with Crippen molar-refractivity contribution in [2.45, 2.75) is 26.7 Å². The SMILES string of the molecule is CCc1ccc(NC(=O)C/C(C)=N/NC(=O)c2ccc([N+](=O)[O-])c(Cl)c2)cc1. The number of nitrogens with one attached hydrogen (secondary N) is 2. The molecule has 2 aromatic rings. The van der Waals surface area contributed by atoms with Crippen LogP contribution in [0.15, 0.2) is 47.6 Å². The summed E-state index contributed by atoms with van der Waals surface area (Å²) in [6, 6.07) is 11.1. The minimum absolute atomic E-state index is 0.00315. The Balaban J connectivity index is 1.92. The summed E-state index contributed by atoms with van der Waals surface area (Å²) < 4.78 is 0. The maximum atomic E-state index is 12.1. The van der Waals surface area contributed by atoms with E-state index in [0.29, 0.717) is 11.4 Å². The molecule has 2 amide bonds. The fourth-order valence-electron chi connectivity index (χ4n) is 2.31. The van der Waals surface area contributed by atoms with Gasteiger partial charge in [-0.1, -0.05) is 30.7 Å².